The molecule has 1 aliphatic heterocycles. The lowest BCUT2D eigenvalue weighted by Gasteiger charge is -2.34. The Morgan fingerprint density at radius 2 is 2.12 bits per heavy atom. The number of carbonyl (C=O) groups is 1. The van der Waals surface area contributed by atoms with Gasteiger partial charge in [0.1, 0.15) is 5.60 Å². The zero-order chi connectivity index (χ0) is 18.3. The van der Waals surface area contributed by atoms with Crippen LogP contribution in [0.4, 0.5) is 4.79 Å². The molecule has 4 nitrogen and oxygen atoms in total. The van der Waals surface area contributed by atoms with Crippen molar-refractivity contribution < 1.29 is 9.53 Å². The largest absolute Gasteiger partial charge is 0.444 e. The van der Waals surface area contributed by atoms with Gasteiger partial charge in [-0.1, -0.05) is 30.3 Å². The summed E-state index contributed by atoms with van der Waals surface area (Å²) >= 11 is 0. The second-order valence-electron chi connectivity index (χ2n) is 7.71. The number of hydrogen-bond acceptors (Lipinski definition) is 3. The third kappa shape index (κ3) is 6.43. The fraction of sp³-hybridized carbons (Fsp3) is 0.571. The van der Waals surface area contributed by atoms with Crippen molar-refractivity contribution in [3.63, 3.8) is 0 Å². The highest BCUT2D eigenvalue weighted by Gasteiger charge is 2.27. The first kappa shape index (κ1) is 19.3. The summed E-state index contributed by atoms with van der Waals surface area (Å²) in [5.41, 5.74) is 0.758. The van der Waals surface area contributed by atoms with Crippen molar-refractivity contribution in [3.05, 3.63) is 35.9 Å². The maximum absolute atomic E-state index is 12.3. The molecule has 0 aromatic heterocycles. The number of piperidine rings is 1. The molecule has 1 saturated heterocycles. The molecule has 1 fully saturated rings. The number of nitrogens with zero attached hydrogens (tertiary/aromatic N) is 1. The van der Waals surface area contributed by atoms with Crippen LogP contribution in [0.15, 0.2) is 30.3 Å². The predicted molar refractivity (Wildman–Crippen MR) is 101 cm³/mol. The number of carbonyl (C=O) groups excluding carboxylic acids is 1. The van der Waals surface area contributed by atoms with E-state index in [1.807, 2.05) is 43.9 Å². The Morgan fingerprint density at radius 1 is 1.40 bits per heavy atom. The van der Waals surface area contributed by atoms with Crippen LogP contribution in [0, 0.1) is 18.3 Å². The Bertz CT molecular complexity index is 586. The summed E-state index contributed by atoms with van der Waals surface area (Å²) in [6.07, 6.45) is 8.11. The number of ether oxygens (including phenoxy) is 1. The van der Waals surface area contributed by atoms with Crippen molar-refractivity contribution in [2.24, 2.45) is 5.92 Å². The van der Waals surface area contributed by atoms with Crippen LogP contribution in [-0.2, 0) is 4.74 Å². The highest BCUT2D eigenvalue weighted by molar-refractivity contribution is 5.68. The fourth-order valence-corrected chi connectivity index (χ4v) is 3.14. The summed E-state index contributed by atoms with van der Waals surface area (Å²) in [6, 6.07) is 10.4. The van der Waals surface area contributed by atoms with Crippen molar-refractivity contribution >= 4 is 6.09 Å². The predicted octanol–water partition coefficient (Wildman–Crippen LogP) is 3.99. The van der Waals surface area contributed by atoms with Gasteiger partial charge in [0.15, 0.2) is 0 Å². The lowest BCUT2D eigenvalue weighted by atomic mass is 9.96. The molecule has 1 aromatic rings. The third-order valence-corrected chi connectivity index (χ3v) is 4.35. The van der Waals surface area contributed by atoms with Gasteiger partial charge in [0.05, 0.1) is 0 Å². The lowest BCUT2D eigenvalue weighted by molar-refractivity contribution is 0.0165. The molecule has 1 heterocycles. The summed E-state index contributed by atoms with van der Waals surface area (Å²) in [4.78, 5) is 14.1. The van der Waals surface area contributed by atoms with Gasteiger partial charge in [0, 0.05) is 32.1 Å². The molecule has 2 atom stereocenters. The van der Waals surface area contributed by atoms with E-state index in [9.17, 15) is 4.79 Å². The summed E-state index contributed by atoms with van der Waals surface area (Å²) in [6.45, 7) is 8.06. The van der Waals surface area contributed by atoms with E-state index in [-0.39, 0.29) is 12.1 Å². The van der Waals surface area contributed by atoms with Crippen molar-refractivity contribution in [1.29, 1.82) is 0 Å². The second-order valence-corrected chi connectivity index (χ2v) is 7.71. The number of rotatable bonds is 5. The Labute approximate surface area is 151 Å². The minimum atomic E-state index is -0.451. The second kappa shape index (κ2) is 8.92. The molecule has 1 aromatic carbocycles. The first-order valence-electron chi connectivity index (χ1n) is 9.09. The Balaban J connectivity index is 1.89. The maximum Gasteiger partial charge on any atom is 0.410 e. The van der Waals surface area contributed by atoms with Gasteiger partial charge < -0.3 is 15.0 Å². The average Bonchev–Trinajstić information content (AvgIpc) is 2.58. The summed E-state index contributed by atoms with van der Waals surface area (Å²) in [5, 5.41) is 3.59. The Morgan fingerprint density at radius 3 is 2.76 bits per heavy atom. The topological polar surface area (TPSA) is 41.6 Å². The van der Waals surface area contributed by atoms with E-state index in [0.29, 0.717) is 12.3 Å². The molecule has 0 radical (unpaired) electrons. The quantitative estimate of drug-likeness (QED) is 0.823. The fourth-order valence-electron chi connectivity index (χ4n) is 3.14. The van der Waals surface area contributed by atoms with Crippen LogP contribution in [0.2, 0.25) is 0 Å². The van der Waals surface area contributed by atoms with Crippen molar-refractivity contribution in [2.75, 3.05) is 19.6 Å². The van der Waals surface area contributed by atoms with E-state index in [1.54, 1.807) is 0 Å². The summed E-state index contributed by atoms with van der Waals surface area (Å²) in [5.74, 6) is 3.18. The average molecular weight is 342 g/mol. The monoisotopic (exact) mass is 342 g/mol. The van der Waals surface area contributed by atoms with Crippen LogP contribution in [0.1, 0.15) is 51.6 Å². The van der Waals surface area contributed by atoms with Gasteiger partial charge >= 0.3 is 6.09 Å². The lowest BCUT2D eigenvalue weighted by Crippen LogP contribution is -2.45. The zero-order valence-electron chi connectivity index (χ0n) is 15.6. The highest BCUT2D eigenvalue weighted by Crippen LogP contribution is 2.21. The molecule has 25 heavy (non-hydrogen) atoms. The van der Waals surface area contributed by atoms with Crippen LogP contribution in [0.25, 0.3) is 0 Å². The van der Waals surface area contributed by atoms with E-state index < -0.39 is 5.60 Å². The van der Waals surface area contributed by atoms with Gasteiger partial charge in [-0.15, -0.1) is 12.3 Å². The SMILES string of the molecule is C#CC[C@H](NC[C@H]1CCCN(C(=O)OC(C)(C)C)C1)c1ccccc1. The standard InChI is InChI=1S/C21H30N2O2/c1-5-10-19(18-12-7-6-8-13-18)22-15-17-11-9-14-23(16-17)20(24)25-21(2,3)4/h1,6-8,12-13,17,19,22H,9-11,14-16H2,2-4H3/t17-,19+/m1/s1. The van der Waals surface area contributed by atoms with E-state index >= 15 is 0 Å². The van der Waals surface area contributed by atoms with Gasteiger partial charge in [-0.25, -0.2) is 4.79 Å². The number of benzene rings is 1. The van der Waals surface area contributed by atoms with E-state index in [0.717, 1.165) is 32.5 Å². The normalized spacial score (nSPS) is 19.1. The minimum absolute atomic E-state index is 0.156. The molecule has 1 N–H and O–H groups in total. The van der Waals surface area contributed by atoms with E-state index in [4.69, 9.17) is 11.2 Å². The third-order valence-electron chi connectivity index (χ3n) is 4.35. The maximum atomic E-state index is 12.3. The number of amides is 1. The molecule has 0 unspecified atom stereocenters. The van der Waals surface area contributed by atoms with Crippen LogP contribution in [-0.4, -0.2) is 36.2 Å². The number of likely N-dealkylation sites (tertiary alicyclic amines) is 1. The van der Waals surface area contributed by atoms with Gasteiger partial charge in [-0.05, 0) is 45.1 Å². The van der Waals surface area contributed by atoms with Crippen molar-refractivity contribution in [2.45, 2.75) is 51.7 Å². The molecule has 2 rings (SSSR count). The van der Waals surface area contributed by atoms with Gasteiger partial charge in [0.25, 0.3) is 0 Å². The number of terminal acetylenes is 1. The molecule has 4 heteroatoms. The zero-order valence-corrected chi connectivity index (χ0v) is 15.6. The van der Waals surface area contributed by atoms with E-state index in [1.165, 1.54) is 5.56 Å². The van der Waals surface area contributed by atoms with Crippen molar-refractivity contribution in [1.82, 2.24) is 10.2 Å². The molecule has 136 valence electrons. The van der Waals surface area contributed by atoms with Crippen molar-refractivity contribution in [3.8, 4) is 12.3 Å². The number of nitrogens with one attached hydrogen (secondary N) is 1. The highest BCUT2D eigenvalue weighted by atomic mass is 16.6. The van der Waals surface area contributed by atoms with Gasteiger partial charge in [-0.2, -0.15) is 0 Å². The first-order valence-corrected chi connectivity index (χ1v) is 9.09. The van der Waals surface area contributed by atoms with Crippen LogP contribution in [0.3, 0.4) is 0 Å². The molecular weight excluding hydrogens is 312 g/mol. The molecule has 0 saturated carbocycles. The smallest absolute Gasteiger partial charge is 0.410 e. The minimum Gasteiger partial charge on any atom is -0.444 e. The first-order chi connectivity index (χ1) is 11.9. The molecule has 0 aliphatic carbocycles. The molecule has 1 aliphatic rings. The van der Waals surface area contributed by atoms with Crippen LogP contribution < -0.4 is 5.32 Å². The Kier molecular flexibility index (Phi) is 6.90. The van der Waals surface area contributed by atoms with Gasteiger partial charge in [-0.3, -0.25) is 0 Å². The van der Waals surface area contributed by atoms with Crippen LogP contribution in [0.5, 0.6) is 0 Å². The Hall–Kier alpha value is -1.99. The van der Waals surface area contributed by atoms with E-state index in [2.05, 4.69) is 23.4 Å². The van der Waals surface area contributed by atoms with Crippen LogP contribution >= 0.6 is 0 Å². The summed E-state index contributed by atoms with van der Waals surface area (Å²) in [7, 11) is 0. The van der Waals surface area contributed by atoms with Gasteiger partial charge in [0.2, 0.25) is 0 Å². The number of hydrogen-bond donors (Lipinski definition) is 1. The molecule has 1 amide bonds. The molecular formula is C21H30N2O2. The summed E-state index contributed by atoms with van der Waals surface area (Å²) < 4.78 is 5.50. The molecule has 0 spiro atoms. The molecule has 0 bridgehead atoms.